The van der Waals surface area contributed by atoms with Crippen LogP contribution in [0.15, 0.2) is 182 Å². The molecule has 7 rings (SSSR count). The van der Waals surface area contributed by atoms with E-state index in [0.29, 0.717) is 0 Å². The van der Waals surface area contributed by atoms with Crippen LogP contribution in [0.5, 0.6) is 0 Å². The quantitative estimate of drug-likeness (QED) is 0.159. The van der Waals surface area contributed by atoms with Gasteiger partial charge in [-0.3, -0.25) is 0 Å². The van der Waals surface area contributed by atoms with Crippen molar-refractivity contribution in [3.8, 4) is 33.4 Å². The Kier molecular flexibility index (Phi) is 8.39. The summed E-state index contributed by atoms with van der Waals surface area (Å²) >= 11 is 0. The van der Waals surface area contributed by atoms with Crippen molar-refractivity contribution in [2.75, 3.05) is 4.90 Å². The van der Waals surface area contributed by atoms with Gasteiger partial charge in [-0.1, -0.05) is 157 Å². The molecule has 0 bridgehead atoms. The Morgan fingerprint density at radius 1 is 0.326 bits per heavy atom. The average Bonchev–Trinajstić information content (AvgIpc) is 3.13. The summed E-state index contributed by atoms with van der Waals surface area (Å²) in [6.07, 6.45) is 4.33. The fourth-order valence-corrected chi connectivity index (χ4v) is 5.82. The van der Waals surface area contributed by atoms with E-state index in [1.807, 2.05) is 6.07 Å². The topological polar surface area (TPSA) is 3.24 Å². The second kappa shape index (κ2) is 13.4. The van der Waals surface area contributed by atoms with Crippen molar-refractivity contribution in [2.24, 2.45) is 0 Å². The highest BCUT2D eigenvalue weighted by Gasteiger charge is 2.16. The Morgan fingerprint density at radius 2 is 0.717 bits per heavy atom. The van der Waals surface area contributed by atoms with Crippen molar-refractivity contribution in [1.82, 2.24) is 0 Å². The zero-order valence-corrected chi connectivity index (χ0v) is 25.9. The number of hydrogen-bond donors (Lipinski definition) is 0. The third-order valence-electron chi connectivity index (χ3n) is 8.32. The second-order valence-corrected chi connectivity index (χ2v) is 11.6. The molecule has 220 valence electrons. The van der Waals surface area contributed by atoms with Crippen LogP contribution in [-0.4, -0.2) is 0 Å². The van der Waals surface area contributed by atoms with Crippen molar-refractivity contribution in [3.05, 3.63) is 199 Å². The van der Waals surface area contributed by atoms with Crippen LogP contribution >= 0.6 is 0 Å². The van der Waals surface area contributed by atoms with Gasteiger partial charge in [0.15, 0.2) is 0 Å². The number of benzene rings is 7. The molecule has 46 heavy (non-hydrogen) atoms. The molecule has 0 amide bonds. The lowest BCUT2D eigenvalue weighted by atomic mass is 9.97. The van der Waals surface area contributed by atoms with E-state index in [1.165, 1.54) is 44.5 Å². The highest BCUT2D eigenvalue weighted by molar-refractivity contribution is 5.86. The van der Waals surface area contributed by atoms with Gasteiger partial charge in [-0.25, -0.2) is 0 Å². The average molecular weight is 590 g/mol. The lowest BCUT2D eigenvalue weighted by Gasteiger charge is -2.27. The van der Waals surface area contributed by atoms with Crippen molar-refractivity contribution in [1.29, 1.82) is 0 Å². The molecule has 0 atom stereocenters. The maximum Gasteiger partial charge on any atom is 0.0473 e. The maximum absolute atomic E-state index is 2.36. The summed E-state index contributed by atoms with van der Waals surface area (Å²) in [6, 6.07) is 65.1. The lowest BCUT2D eigenvalue weighted by molar-refractivity contribution is 1.28. The SMILES string of the molecule is Cc1ccc(-c2ccc(N(c3ccc(/C=C/c4ccccc4)cc3)c3cc(-c4ccccc4)cc(-c4ccccc4)c3)cc2)cc1. The number of anilines is 3. The maximum atomic E-state index is 2.36. The summed E-state index contributed by atoms with van der Waals surface area (Å²) in [4.78, 5) is 2.36. The molecule has 0 unspecified atom stereocenters. The molecule has 0 N–H and O–H groups in total. The van der Waals surface area contributed by atoms with Gasteiger partial charge in [-0.15, -0.1) is 0 Å². The first-order valence-corrected chi connectivity index (χ1v) is 15.8. The lowest BCUT2D eigenvalue weighted by Crippen LogP contribution is -2.10. The van der Waals surface area contributed by atoms with E-state index >= 15 is 0 Å². The van der Waals surface area contributed by atoms with Gasteiger partial charge in [0.2, 0.25) is 0 Å². The second-order valence-electron chi connectivity index (χ2n) is 11.6. The van der Waals surface area contributed by atoms with Crippen LogP contribution in [0.25, 0.3) is 45.5 Å². The standard InChI is InChI=1S/C45H35N/c1-34-17-23-39(24-18-34)40-25-29-44(30-26-40)46(43-27-21-36(22-28-43)20-19-35-11-5-2-6-12-35)45-32-41(37-13-7-3-8-14-37)31-42(33-45)38-15-9-4-10-16-38/h2-33H,1H3/b20-19+. The van der Waals surface area contributed by atoms with Crippen LogP contribution in [-0.2, 0) is 0 Å². The van der Waals surface area contributed by atoms with Crippen LogP contribution in [0.2, 0.25) is 0 Å². The molecule has 0 aliphatic rings. The summed E-state index contributed by atoms with van der Waals surface area (Å²) in [5, 5.41) is 0. The van der Waals surface area contributed by atoms with E-state index in [0.717, 1.165) is 22.6 Å². The van der Waals surface area contributed by atoms with Crippen molar-refractivity contribution in [2.45, 2.75) is 6.92 Å². The van der Waals surface area contributed by atoms with Gasteiger partial charge < -0.3 is 4.90 Å². The Morgan fingerprint density at radius 3 is 1.22 bits per heavy atom. The van der Waals surface area contributed by atoms with Crippen molar-refractivity contribution in [3.63, 3.8) is 0 Å². The van der Waals surface area contributed by atoms with E-state index in [4.69, 9.17) is 0 Å². The minimum atomic E-state index is 1.10. The molecule has 0 spiro atoms. The predicted molar refractivity (Wildman–Crippen MR) is 198 cm³/mol. The Balaban J connectivity index is 1.34. The molecule has 0 radical (unpaired) electrons. The van der Waals surface area contributed by atoms with Crippen LogP contribution in [0.1, 0.15) is 16.7 Å². The molecule has 0 fully saturated rings. The molecule has 7 aromatic rings. The van der Waals surface area contributed by atoms with Crippen molar-refractivity contribution < 1.29 is 0 Å². The summed E-state index contributed by atoms with van der Waals surface area (Å²) in [7, 11) is 0. The van der Waals surface area contributed by atoms with Crippen LogP contribution < -0.4 is 4.90 Å². The molecule has 0 saturated carbocycles. The van der Waals surface area contributed by atoms with E-state index in [-0.39, 0.29) is 0 Å². The van der Waals surface area contributed by atoms with Gasteiger partial charge in [-0.2, -0.15) is 0 Å². The van der Waals surface area contributed by atoms with Crippen LogP contribution in [0.3, 0.4) is 0 Å². The third kappa shape index (κ3) is 6.60. The Hall–Kier alpha value is -5.92. The van der Waals surface area contributed by atoms with E-state index in [9.17, 15) is 0 Å². The molecular weight excluding hydrogens is 555 g/mol. The first kappa shape index (κ1) is 28.8. The fraction of sp³-hybridized carbons (Fsp3) is 0.0222. The van der Waals surface area contributed by atoms with Gasteiger partial charge in [-0.05, 0) is 93.9 Å². The van der Waals surface area contributed by atoms with E-state index in [2.05, 4.69) is 200 Å². The number of hydrogen-bond acceptors (Lipinski definition) is 1. The molecule has 1 nitrogen and oxygen atoms in total. The van der Waals surface area contributed by atoms with Crippen LogP contribution in [0, 0.1) is 6.92 Å². The summed E-state index contributed by atoms with van der Waals surface area (Å²) < 4.78 is 0. The molecule has 1 heteroatoms. The number of aryl methyl sites for hydroxylation is 1. The first-order valence-electron chi connectivity index (χ1n) is 15.8. The van der Waals surface area contributed by atoms with E-state index in [1.54, 1.807) is 0 Å². The largest absolute Gasteiger partial charge is 0.310 e. The van der Waals surface area contributed by atoms with Gasteiger partial charge in [0, 0.05) is 17.1 Å². The molecule has 0 aromatic heterocycles. The summed E-state index contributed by atoms with van der Waals surface area (Å²) in [6.45, 7) is 2.13. The van der Waals surface area contributed by atoms with Gasteiger partial charge in [0.1, 0.15) is 0 Å². The summed E-state index contributed by atoms with van der Waals surface area (Å²) in [5.74, 6) is 0. The van der Waals surface area contributed by atoms with Crippen LogP contribution in [0.4, 0.5) is 17.1 Å². The molecule has 0 aliphatic heterocycles. The monoisotopic (exact) mass is 589 g/mol. The van der Waals surface area contributed by atoms with Gasteiger partial charge in [0.05, 0.1) is 0 Å². The van der Waals surface area contributed by atoms with Gasteiger partial charge >= 0.3 is 0 Å². The Bertz CT molecular complexity index is 1980. The highest BCUT2D eigenvalue weighted by atomic mass is 15.1. The summed E-state index contributed by atoms with van der Waals surface area (Å²) in [5.41, 5.74) is 14.1. The minimum absolute atomic E-state index is 1.10. The fourth-order valence-electron chi connectivity index (χ4n) is 5.82. The first-order chi connectivity index (χ1) is 22.7. The number of rotatable bonds is 8. The number of nitrogens with zero attached hydrogens (tertiary/aromatic N) is 1. The van der Waals surface area contributed by atoms with E-state index < -0.39 is 0 Å². The zero-order chi connectivity index (χ0) is 31.1. The third-order valence-corrected chi connectivity index (χ3v) is 8.32. The molecule has 7 aromatic carbocycles. The normalized spacial score (nSPS) is 11.1. The zero-order valence-electron chi connectivity index (χ0n) is 25.9. The molecule has 0 heterocycles. The molecule has 0 aliphatic carbocycles. The van der Waals surface area contributed by atoms with Crippen molar-refractivity contribution >= 4 is 29.2 Å². The Labute approximate surface area is 272 Å². The predicted octanol–water partition coefficient (Wildman–Crippen LogP) is 12.6. The molecular formula is C45H35N. The minimum Gasteiger partial charge on any atom is -0.310 e. The molecule has 0 saturated heterocycles. The smallest absolute Gasteiger partial charge is 0.0473 e. The highest BCUT2D eigenvalue weighted by Crippen LogP contribution is 2.40. The van der Waals surface area contributed by atoms with Gasteiger partial charge in [0.25, 0.3) is 0 Å².